The number of aromatic nitrogens is 3. The number of hydrogen-bond donors (Lipinski definition) is 2. The molecule has 0 radical (unpaired) electrons. The number of rotatable bonds is 3. The molecule has 0 bridgehead atoms. The van der Waals surface area contributed by atoms with Gasteiger partial charge in [-0.2, -0.15) is 0 Å². The second-order valence-corrected chi connectivity index (χ2v) is 5.05. The molecule has 3 rings (SSSR count). The van der Waals surface area contributed by atoms with Crippen molar-refractivity contribution in [1.29, 1.82) is 0 Å². The van der Waals surface area contributed by atoms with E-state index >= 15 is 0 Å². The number of nitrogens with one attached hydrogen (secondary N) is 1. The number of piperidine rings is 1. The maximum atomic E-state index is 5.76. The lowest BCUT2D eigenvalue weighted by molar-refractivity contribution is 0.421. The van der Waals surface area contributed by atoms with Crippen LogP contribution in [0.2, 0.25) is 0 Å². The molecule has 0 aromatic carbocycles. The van der Waals surface area contributed by atoms with Gasteiger partial charge in [-0.25, -0.2) is 0 Å². The predicted octanol–water partition coefficient (Wildman–Crippen LogP) is 1.65. The molecule has 3 heterocycles. The molecule has 5 heteroatoms. The largest absolute Gasteiger partial charge is 0.360 e. The van der Waals surface area contributed by atoms with Crippen molar-refractivity contribution in [2.75, 3.05) is 24.5 Å². The topological polar surface area (TPSA) is 70.8 Å². The zero-order chi connectivity index (χ0) is 13.1. The second-order valence-electron chi connectivity index (χ2n) is 5.05. The van der Waals surface area contributed by atoms with Crippen LogP contribution in [0.3, 0.4) is 0 Å². The highest BCUT2D eigenvalue weighted by atomic mass is 15.3. The molecule has 2 aromatic rings. The van der Waals surface area contributed by atoms with Gasteiger partial charge >= 0.3 is 0 Å². The van der Waals surface area contributed by atoms with Crippen LogP contribution in [0.1, 0.15) is 12.8 Å². The Hall–Kier alpha value is -1.88. The summed E-state index contributed by atoms with van der Waals surface area (Å²) >= 11 is 0. The lowest BCUT2D eigenvalue weighted by atomic mass is 9.98. The number of nitrogens with two attached hydrogens (primary N) is 1. The minimum absolute atomic E-state index is 0.582. The van der Waals surface area contributed by atoms with Crippen LogP contribution in [-0.4, -0.2) is 34.8 Å². The first-order valence-corrected chi connectivity index (χ1v) is 6.79. The van der Waals surface area contributed by atoms with Gasteiger partial charge in [-0.15, -0.1) is 10.2 Å². The standard InChI is InChI=1S/C14H19N5/c15-9-11-3-2-8-19(10-11)14-6-5-13(17-18-14)12-4-1-7-16-12/h1,4-7,11,16H,2-3,8-10,15H2. The van der Waals surface area contributed by atoms with E-state index in [9.17, 15) is 0 Å². The van der Waals surface area contributed by atoms with Gasteiger partial charge in [0.1, 0.15) is 5.69 Å². The number of hydrogen-bond acceptors (Lipinski definition) is 4. The third-order valence-electron chi connectivity index (χ3n) is 3.70. The summed E-state index contributed by atoms with van der Waals surface area (Å²) in [6, 6.07) is 8.01. The molecule has 0 aliphatic carbocycles. The quantitative estimate of drug-likeness (QED) is 0.877. The Morgan fingerprint density at radius 1 is 1.32 bits per heavy atom. The van der Waals surface area contributed by atoms with Crippen LogP contribution >= 0.6 is 0 Å². The van der Waals surface area contributed by atoms with Crippen molar-refractivity contribution in [2.24, 2.45) is 11.7 Å². The van der Waals surface area contributed by atoms with Crippen LogP contribution in [0, 0.1) is 5.92 Å². The van der Waals surface area contributed by atoms with Gasteiger partial charge in [0.25, 0.3) is 0 Å². The predicted molar refractivity (Wildman–Crippen MR) is 75.8 cm³/mol. The van der Waals surface area contributed by atoms with E-state index in [-0.39, 0.29) is 0 Å². The van der Waals surface area contributed by atoms with E-state index in [1.54, 1.807) is 0 Å². The fourth-order valence-electron chi connectivity index (χ4n) is 2.59. The summed E-state index contributed by atoms with van der Waals surface area (Å²) in [5.74, 6) is 1.53. The normalized spacial score (nSPS) is 19.6. The maximum Gasteiger partial charge on any atom is 0.151 e. The molecular weight excluding hydrogens is 238 g/mol. The van der Waals surface area contributed by atoms with Crippen LogP contribution < -0.4 is 10.6 Å². The van der Waals surface area contributed by atoms with Gasteiger partial charge in [-0.3, -0.25) is 0 Å². The third-order valence-corrected chi connectivity index (χ3v) is 3.70. The first kappa shape index (κ1) is 12.2. The monoisotopic (exact) mass is 257 g/mol. The summed E-state index contributed by atoms with van der Waals surface area (Å²) in [5.41, 5.74) is 7.64. The van der Waals surface area contributed by atoms with E-state index in [0.29, 0.717) is 5.92 Å². The zero-order valence-electron chi connectivity index (χ0n) is 10.9. The average Bonchev–Trinajstić information content (AvgIpc) is 3.02. The molecule has 1 aliphatic heterocycles. The van der Waals surface area contributed by atoms with Crippen molar-refractivity contribution >= 4 is 5.82 Å². The van der Waals surface area contributed by atoms with Crippen LogP contribution in [-0.2, 0) is 0 Å². The summed E-state index contributed by atoms with van der Waals surface area (Å²) in [6.45, 7) is 2.80. The number of H-pyrrole nitrogens is 1. The Bertz CT molecular complexity index is 505. The van der Waals surface area contributed by atoms with E-state index in [1.165, 1.54) is 12.8 Å². The van der Waals surface area contributed by atoms with Crippen LogP contribution in [0.15, 0.2) is 30.5 Å². The lowest BCUT2D eigenvalue weighted by Gasteiger charge is -2.32. The number of nitrogens with zero attached hydrogens (tertiary/aromatic N) is 3. The van der Waals surface area contributed by atoms with Crippen molar-refractivity contribution in [3.8, 4) is 11.4 Å². The van der Waals surface area contributed by atoms with Gasteiger partial charge in [0, 0.05) is 19.3 Å². The van der Waals surface area contributed by atoms with Gasteiger partial charge in [0.15, 0.2) is 5.82 Å². The van der Waals surface area contributed by atoms with E-state index in [4.69, 9.17) is 5.73 Å². The minimum Gasteiger partial charge on any atom is -0.360 e. The molecule has 0 spiro atoms. The van der Waals surface area contributed by atoms with E-state index in [0.717, 1.165) is 36.8 Å². The van der Waals surface area contributed by atoms with Gasteiger partial charge in [-0.05, 0) is 49.6 Å². The molecule has 1 aliphatic rings. The summed E-state index contributed by atoms with van der Waals surface area (Å²) in [5, 5.41) is 8.64. The Balaban J connectivity index is 1.75. The molecule has 1 fully saturated rings. The van der Waals surface area contributed by atoms with Crippen molar-refractivity contribution in [3.63, 3.8) is 0 Å². The summed E-state index contributed by atoms with van der Waals surface area (Å²) < 4.78 is 0. The molecule has 0 saturated carbocycles. The van der Waals surface area contributed by atoms with Crippen molar-refractivity contribution in [1.82, 2.24) is 15.2 Å². The van der Waals surface area contributed by atoms with E-state index < -0.39 is 0 Å². The molecule has 0 amide bonds. The fraction of sp³-hybridized carbons (Fsp3) is 0.429. The van der Waals surface area contributed by atoms with Gasteiger partial charge in [0.05, 0.1) is 5.69 Å². The van der Waals surface area contributed by atoms with E-state index in [2.05, 4.69) is 20.1 Å². The fourth-order valence-corrected chi connectivity index (χ4v) is 2.59. The zero-order valence-corrected chi connectivity index (χ0v) is 10.9. The summed E-state index contributed by atoms with van der Waals surface area (Å²) in [4.78, 5) is 5.42. The van der Waals surface area contributed by atoms with E-state index in [1.807, 2.05) is 30.5 Å². The van der Waals surface area contributed by atoms with Gasteiger partial charge < -0.3 is 15.6 Å². The van der Waals surface area contributed by atoms with Crippen molar-refractivity contribution in [3.05, 3.63) is 30.5 Å². The Morgan fingerprint density at radius 2 is 2.26 bits per heavy atom. The highest BCUT2D eigenvalue weighted by Crippen LogP contribution is 2.22. The molecule has 100 valence electrons. The Morgan fingerprint density at radius 3 is 2.95 bits per heavy atom. The number of aromatic amines is 1. The first-order valence-electron chi connectivity index (χ1n) is 6.79. The third kappa shape index (κ3) is 2.61. The smallest absolute Gasteiger partial charge is 0.151 e. The van der Waals surface area contributed by atoms with Crippen LogP contribution in [0.5, 0.6) is 0 Å². The maximum absolute atomic E-state index is 5.76. The molecule has 2 aromatic heterocycles. The summed E-state index contributed by atoms with van der Waals surface area (Å²) in [7, 11) is 0. The molecule has 5 nitrogen and oxygen atoms in total. The lowest BCUT2D eigenvalue weighted by Crippen LogP contribution is -2.38. The van der Waals surface area contributed by atoms with Crippen LogP contribution in [0.4, 0.5) is 5.82 Å². The molecular formula is C14H19N5. The SMILES string of the molecule is NCC1CCCN(c2ccc(-c3ccc[nH]3)nn2)C1. The molecule has 1 atom stereocenters. The van der Waals surface area contributed by atoms with Crippen molar-refractivity contribution < 1.29 is 0 Å². The molecule has 1 unspecified atom stereocenters. The minimum atomic E-state index is 0.582. The highest BCUT2D eigenvalue weighted by Gasteiger charge is 2.20. The van der Waals surface area contributed by atoms with Gasteiger partial charge in [-0.1, -0.05) is 0 Å². The summed E-state index contributed by atoms with van der Waals surface area (Å²) in [6.07, 6.45) is 4.30. The Kier molecular flexibility index (Phi) is 3.46. The first-order chi connectivity index (χ1) is 9.36. The highest BCUT2D eigenvalue weighted by molar-refractivity contribution is 5.55. The molecule has 3 N–H and O–H groups in total. The molecule has 19 heavy (non-hydrogen) atoms. The van der Waals surface area contributed by atoms with Gasteiger partial charge in [0.2, 0.25) is 0 Å². The number of anilines is 1. The van der Waals surface area contributed by atoms with Crippen LogP contribution in [0.25, 0.3) is 11.4 Å². The second kappa shape index (κ2) is 5.40. The Labute approximate surface area is 112 Å². The average molecular weight is 257 g/mol. The molecule has 1 saturated heterocycles. The van der Waals surface area contributed by atoms with Crippen molar-refractivity contribution in [2.45, 2.75) is 12.8 Å².